The SMILES string of the molecule is CNC1CCCN(CC(=O)Nc2ccc(SC)cc2)C1. The number of thioether (sulfide) groups is 1. The predicted molar refractivity (Wildman–Crippen MR) is 85.4 cm³/mol. The molecule has 5 heteroatoms. The maximum atomic E-state index is 12.1. The summed E-state index contributed by atoms with van der Waals surface area (Å²) in [5, 5.41) is 6.26. The van der Waals surface area contributed by atoms with Crippen molar-refractivity contribution in [3.05, 3.63) is 24.3 Å². The molecule has 1 unspecified atom stereocenters. The van der Waals surface area contributed by atoms with Crippen molar-refractivity contribution in [2.75, 3.05) is 38.3 Å². The Morgan fingerprint density at radius 1 is 1.40 bits per heavy atom. The molecular weight excluding hydrogens is 270 g/mol. The molecule has 20 heavy (non-hydrogen) atoms. The highest BCUT2D eigenvalue weighted by atomic mass is 32.2. The molecule has 0 aromatic heterocycles. The smallest absolute Gasteiger partial charge is 0.238 e. The number of likely N-dealkylation sites (tertiary alicyclic amines) is 1. The van der Waals surface area contributed by atoms with Gasteiger partial charge in [0.25, 0.3) is 0 Å². The third kappa shape index (κ3) is 4.51. The van der Waals surface area contributed by atoms with Crippen LogP contribution in [0.4, 0.5) is 5.69 Å². The molecule has 1 amide bonds. The zero-order chi connectivity index (χ0) is 14.4. The van der Waals surface area contributed by atoms with Gasteiger partial charge in [-0.25, -0.2) is 0 Å². The Kier molecular flexibility index (Phi) is 5.88. The normalized spacial score (nSPS) is 19.8. The van der Waals surface area contributed by atoms with Crippen molar-refractivity contribution < 1.29 is 4.79 Å². The Labute approximate surface area is 125 Å². The molecule has 0 radical (unpaired) electrons. The van der Waals surface area contributed by atoms with Crippen molar-refractivity contribution >= 4 is 23.4 Å². The maximum Gasteiger partial charge on any atom is 0.238 e. The fourth-order valence-corrected chi connectivity index (χ4v) is 2.92. The quantitative estimate of drug-likeness (QED) is 0.815. The number of carbonyl (C=O) groups excluding carboxylic acids is 1. The summed E-state index contributed by atoms with van der Waals surface area (Å²) in [5.41, 5.74) is 0.870. The van der Waals surface area contributed by atoms with Crippen LogP contribution in [-0.2, 0) is 4.79 Å². The average molecular weight is 293 g/mol. The first-order valence-electron chi connectivity index (χ1n) is 7.05. The summed E-state index contributed by atoms with van der Waals surface area (Å²) in [6.45, 7) is 2.44. The number of hydrogen-bond acceptors (Lipinski definition) is 4. The molecule has 4 nitrogen and oxygen atoms in total. The minimum absolute atomic E-state index is 0.0682. The Morgan fingerprint density at radius 2 is 2.15 bits per heavy atom. The molecule has 1 aliphatic rings. The van der Waals surface area contributed by atoms with E-state index in [0.717, 1.165) is 25.2 Å². The molecule has 1 saturated heterocycles. The van der Waals surface area contributed by atoms with Crippen LogP contribution < -0.4 is 10.6 Å². The molecule has 110 valence electrons. The van der Waals surface area contributed by atoms with Gasteiger partial charge < -0.3 is 10.6 Å². The van der Waals surface area contributed by atoms with E-state index in [1.807, 2.05) is 37.6 Å². The van der Waals surface area contributed by atoms with Gasteiger partial charge in [0.15, 0.2) is 0 Å². The minimum Gasteiger partial charge on any atom is -0.325 e. The van der Waals surface area contributed by atoms with Crippen molar-refractivity contribution in [1.29, 1.82) is 0 Å². The van der Waals surface area contributed by atoms with E-state index in [1.54, 1.807) is 11.8 Å². The number of nitrogens with one attached hydrogen (secondary N) is 2. The number of piperidine rings is 1. The summed E-state index contributed by atoms with van der Waals surface area (Å²) in [7, 11) is 1.99. The van der Waals surface area contributed by atoms with Crippen LogP contribution in [0.3, 0.4) is 0 Å². The molecule has 1 aromatic carbocycles. The second-order valence-electron chi connectivity index (χ2n) is 5.14. The van der Waals surface area contributed by atoms with Crippen LogP contribution in [-0.4, -0.2) is 49.8 Å². The zero-order valence-corrected chi connectivity index (χ0v) is 13.0. The van der Waals surface area contributed by atoms with Crippen LogP contribution in [0.2, 0.25) is 0 Å². The van der Waals surface area contributed by atoms with Crippen molar-refractivity contribution in [3.63, 3.8) is 0 Å². The Bertz CT molecular complexity index is 435. The second kappa shape index (κ2) is 7.67. The highest BCUT2D eigenvalue weighted by molar-refractivity contribution is 7.98. The average Bonchev–Trinajstić information content (AvgIpc) is 2.48. The van der Waals surface area contributed by atoms with Gasteiger partial charge >= 0.3 is 0 Å². The van der Waals surface area contributed by atoms with Crippen molar-refractivity contribution in [3.8, 4) is 0 Å². The standard InChI is InChI=1S/C15H23N3OS/c1-16-13-4-3-9-18(10-13)11-15(19)17-12-5-7-14(20-2)8-6-12/h5-8,13,16H,3-4,9-11H2,1-2H3,(H,17,19). The third-order valence-electron chi connectivity index (χ3n) is 3.65. The molecule has 0 spiro atoms. The topological polar surface area (TPSA) is 44.4 Å². The summed E-state index contributed by atoms with van der Waals surface area (Å²) in [4.78, 5) is 15.5. The van der Waals surface area contributed by atoms with Gasteiger partial charge in [-0.1, -0.05) is 0 Å². The lowest BCUT2D eigenvalue weighted by Gasteiger charge is -2.31. The van der Waals surface area contributed by atoms with Gasteiger partial charge in [-0.2, -0.15) is 0 Å². The number of likely N-dealkylation sites (N-methyl/N-ethyl adjacent to an activating group) is 1. The van der Waals surface area contributed by atoms with Gasteiger partial charge in [0.05, 0.1) is 6.54 Å². The van der Waals surface area contributed by atoms with Gasteiger partial charge in [0.2, 0.25) is 5.91 Å². The summed E-state index contributed by atoms with van der Waals surface area (Å²) < 4.78 is 0. The van der Waals surface area contributed by atoms with E-state index in [9.17, 15) is 4.79 Å². The van der Waals surface area contributed by atoms with Crippen LogP contribution in [0.25, 0.3) is 0 Å². The van der Waals surface area contributed by atoms with Gasteiger partial charge in [-0.15, -0.1) is 11.8 Å². The Balaban J connectivity index is 1.82. The number of nitrogens with zero attached hydrogens (tertiary/aromatic N) is 1. The number of rotatable bonds is 5. The van der Waals surface area contributed by atoms with Crippen LogP contribution in [0.5, 0.6) is 0 Å². The molecule has 1 aliphatic heterocycles. The van der Waals surface area contributed by atoms with Gasteiger partial charge in [0.1, 0.15) is 0 Å². The lowest BCUT2D eigenvalue weighted by Crippen LogP contribution is -2.46. The van der Waals surface area contributed by atoms with E-state index >= 15 is 0 Å². The second-order valence-corrected chi connectivity index (χ2v) is 6.02. The number of hydrogen-bond donors (Lipinski definition) is 2. The fraction of sp³-hybridized carbons (Fsp3) is 0.533. The Hall–Kier alpha value is -1.04. The first-order chi connectivity index (χ1) is 9.71. The largest absolute Gasteiger partial charge is 0.325 e. The van der Waals surface area contributed by atoms with Crippen molar-refractivity contribution in [1.82, 2.24) is 10.2 Å². The van der Waals surface area contributed by atoms with Crippen molar-refractivity contribution in [2.45, 2.75) is 23.8 Å². The molecule has 0 saturated carbocycles. The molecule has 1 fully saturated rings. The highest BCUT2D eigenvalue weighted by Crippen LogP contribution is 2.17. The van der Waals surface area contributed by atoms with E-state index in [4.69, 9.17) is 0 Å². The van der Waals surface area contributed by atoms with E-state index in [0.29, 0.717) is 12.6 Å². The van der Waals surface area contributed by atoms with Crippen LogP contribution in [0, 0.1) is 0 Å². The van der Waals surface area contributed by atoms with Gasteiger partial charge in [-0.05, 0) is 57.0 Å². The molecule has 1 heterocycles. The fourth-order valence-electron chi connectivity index (χ4n) is 2.51. The molecule has 1 atom stereocenters. The predicted octanol–water partition coefficient (Wildman–Crippen LogP) is 2.03. The summed E-state index contributed by atoms with van der Waals surface area (Å²) in [6.07, 6.45) is 4.40. The number of benzene rings is 1. The molecule has 0 aliphatic carbocycles. The van der Waals surface area contributed by atoms with Crippen molar-refractivity contribution in [2.24, 2.45) is 0 Å². The van der Waals surface area contributed by atoms with Crippen LogP contribution in [0.15, 0.2) is 29.2 Å². The monoisotopic (exact) mass is 293 g/mol. The highest BCUT2D eigenvalue weighted by Gasteiger charge is 2.20. The molecule has 2 N–H and O–H groups in total. The third-order valence-corrected chi connectivity index (χ3v) is 4.40. The summed E-state index contributed by atoms with van der Waals surface area (Å²) in [6, 6.07) is 8.47. The van der Waals surface area contributed by atoms with Gasteiger partial charge in [-0.3, -0.25) is 9.69 Å². The van der Waals surface area contributed by atoms with Crippen LogP contribution >= 0.6 is 11.8 Å². The van der Waals surface area contributed by atoms with E-state index in [1.165, 1.54) is 11.3 Å². The number of anilines is 1. The number of amides is 1. The van der Waals surface area contributed by atoms with Crippen LogP contribution in [0.1, 0.15) is 12.8 Å². The Morgan fingerprint density at radius 3 is 2.80 bits per heavy atom. The molecular formula is C15H23N3OS. The summed E-state index contributed by atoms with van der Waals surface area (Å²) >= 11 is 1.70. The molecule has 0 bridgehead atoms. The van der Waals surface area contributed by atoms with Gasteiger partial charge in [0, 0.05) is 23.2 Å². The molecule has 1 aromatic rings. The lowest BCUT2D eigenvalue weighted by atomic mass is 10.1. The molecule has 2 rings (SSSR count). The van der Waals surface area contributed by atoms with E-state index in [-0.39, 0.29) is 5.91 Å². The van der Waals surface area contributed by atoms with E-state index < -0.39 is 0 Å². The summed E-state index contributed by atoms with van der Waals surface area (Å²) in [5.74, 6) is 0.0682. The van der Waals surface area contributed by atoms with E-state index in [2.05, 4.69) is 15.5 Å². The zero-order valence-electron chi connectivity index (χ0n) is 12.2. The number of carbonyl (C=O) groups is 1. The first kappa shape index (κ1) is 15.4. The minimum atomic E-state index is 0.0682. The first-order valence-corrected chi connectivity index (χ1v) is 8.27. The lowest BCUT2D eigenvalue weighted by molar-refractivity contribution is -0.117. The maximum absolute atomic E-state index is 12.1.